The number of hydrogen-bond donors (Lipinski definition) is 1. The van der Waals surface area contributed by atoms with Crippen molar-refractivity contribution in [3.05, 3.63) is 34.4 Å². The zero-order chi connectivity index (χ0) is 13.2. The van der Waals surface area contributed by atoms with Gasteiger partial charge in [0.15, 0.2) is 0 Å². The van der Waals surface area contributed by atoms with E-state index in [1.165, 1.54) is 31.4 Å². The molecule has 0 aromatic heterocycles. The van der Waals surface area contributed by atoms with Crippen LogP contribution in [0.2, 0.25) is 0 Å². The number of hydrazone groups is 1. The summed E-state index contributed by atoms with van der Waals surface area (Å²) in [5.41, 5.74) is 3.69. The first-order valence-electron chi connectivity index (χ1n) is 6.26. The fraction of sp³-hybridized carbons (Fsp3) is 0.462. The van der Waals surface area contributed by atoms with Gasteiger partial charge in [0.05, 0.1) is 10.6 Å². The minimum Gasteiger partial charge on any atom is -0.279 e. The summed E-state index contributed by atoms with van der Waals surface area (Å²) in [4.78, 5) is 10.0. The van der Waals surface area contributed by atoms with Crippen molar-refractivity contribution >= 4 is 17.6 Å². The molecule has 0 aliphatic rings. The molecule has 1 aromatic rings. The molecule has 98 valence electrons. The second kappa shape index (κ2) is 8.22. The highest BCUT2D eigenvalue weighted by Gasteiger charge is 2.02. The van der Waals surface area contributed by atoms with Crippen LogP contribution < -0.4 is 5.43 Å². The van der Waals surface area contributed by atoms with Crippen LogP contribution in [0.25, 0.3) is 0 Å². The van der Waals surface area contributed by atoms with Crippen molar-refractivity contribution in [3.8, 4) is 0 Å². The molecule has 0 fully saturated rings. The van der Waals surface area contributed by atoms with Crippen LogP contribution in [0.5, 0.6) is 0 Å². The zero-order valence-electron chi connectivity index (χ0n) is 10.6. The lowest BCUT2D eigenvalue weighted by Gasteiger charge is -1.99. The van der Waals surface area contributed by atoms with E-state index in [4.69, 9.17) is 0 Å². The van der Waals surface area contributed by atoms with Crippen molar-refractivity contribution in [2.45, 2.75) is 39.0 Å². The number of nitro groups is 1. The number of benzene rings is 1. The molecule has 1 N–H and O–H groups in total. The Morgan fingerprint density at radius 3 is 2.61 bits per heavy atom. The molecule has 0 saturated carbocycles. The molecule has 1 aromatic carbocycles. The number of rotatable bonds is 8. The number of nitrogens with one attached hydrogen (secondary N) is 1. The Morgan fingerprint density at radius 1 is 1.28 bits per heavy atom. The highest BCUT2D eigenvalue weighted by Crippen LogP contribution is 2.15. The van der Waals surface area contributed by atoms with Crippen LogP contribution in [0.15, 0.2) is 29.4 Å². The first-order valence-corrected chi connectivity index (χ1v) is 6.26. The molecule has 18 heavy (non-hydrogen) atoms. The van der Waals surface area contributed by atoms with Crippen molar-refractivity contribution in [3.63, 3.8) is 0 Å². The fourth-order valence-corrected chi connectivity index (χ4v) is 1.50. The van der Waals surface area contributed by atoms with Gasteiger partial charge >= 0.3 is 0 Å². The van der Waals surface area contributed by atoms with E-state index >= 15 is 0 Å². The van der Waals surface area contributed by atoms with Gasteiger partial charge in [-0.2, -0.15) is 5.10 Å². The molecule has 0 atom stereocenters. The Morgan fingerprint density at radius 2 is 2.00 bits per heavy atom. The van der Waals surface area contributed by atoms with Crippen molar-refractivity contribution in [1.29, 1.82) is 0 Å². The third-order valence-corrected chi connectivity index (χ3v) is 2.55. The van der Waals surface area contributed by atoms with E-state index in [0.29, 0.717) is 0 Å². The molecule has 5 heteroatoms. The molecule has 0 radical (unpaired) electrons. The van der Waals surface area contributed by atoms with Crippen LogP contribution in [-0.2, 0) is 0 Å². The monoisotopic (exact) mass is 249 g/mol. The topological polar surface area (TPSA) is 67.5 Å². The minimum absolute atomic E-state index is 0.0871. The summed E-state index contributed by atoms with van der Waals surface area (Å²) in [6.45, 7) is 2.18. The number of hydrogen-bond acceptors (Lipinski definition) is 4. The Labute approximate surface area is 107 Å². The van der Waals surface area contributed by atoms with E-state index in [2.05, 4.69) is 17.5 Å². The third-order valence-electron chi connectivity index (χ3n) is 2.55. The van der Waals surface area contributed by atoms with Gasteiger partial charge in [0.1, 0.15) is 0 Å². The van der Waals surface area contributed by atoms with E-state index in [1.807, 2.05) is 6.21 Å². The Bertz CT molecular complexity index is 388. The SMILES string of the molecule is CCCCCC/C=N/Nc1ccc([N+](=O)[O-])cc1. The Hall–Kier alpha value is -1.91. The number of non-ortho nitro benzene ring substituents is 1. The van der Waals surface area contributed by atoms with Crippen LogP contribution in [0, 0.1) is 10.1 Å². The predicted octanol–water partition coefficient (Wildman–Crippen LogP) is 3.96. The summed E-state index contributed by atoms with van der Waals surface area (Å²) >= 11 is 0. The van der Waals surface area contributed by atoms with Crippen LogP contribution in [0.3, 0.4) is 0 Å². The van der Waals surface area contributed by atoms with Gasteiger partial charge in [-0.25, -0.2) is 0 Å². The lowest BCUT2D eigenvalue weighted by Crippen LogP contribution is -1.91. The fourth-order valence-electron chi connectivity index (χ4n) is 1.50. The molecule has 0 spiro atoms. The molecule has 5 nitrogen and oxygen atoms in total. The van der Waals surface area contributed by atoms with Gasteiger partial charge in [-0.05, 0) is 25.0 Å². The van der Waals surface area contributed by atoms with Gasteiger partial charge in [0.25, 0.3) is 5.69 Å². The average Bonchev–Trinajstić information content (AvgIpc) is 2.38. The Balaban J connectivity index is 2.26. The molecule has 0 aliphatic heterocycles. The van der Waals surface area contributed by atoms with Crippen molar-refractivity contribution in [1.82, 2.24) is 0 Å². The minimum atomic E-state index is -0.416. The summed E-state index contributed by atoms with van der Waals surface area (Å²) in [6.07, 6.45) is 7.69. The smallest absolute Gasteiger partial charge is 0.269 e. The zero-order valence-corrected chi connectivity index (χ0v) is 10.6. The van der Waals surface area contributed by atoms with Crippen LogP contribution in [0.4, 0.5) is 11.4 Å². The molecule has 0 aliphatic carbocycles. The van der Waals surface area contributed by atoms with E-state index < -0.39 is 4.92 Å². The normalized spacial score (nSPS) is 10.7. The number of unbranched alkanes of at least 4 members (excludes halogenated alkanes) is 4. The van der Waals surface area contributed by atoms with Gasteiger partial charge in [-0.15, -0.1) is 0 Å². The van der Waals surface area contributed by atoms with Gasteiger partial charge in [-0.3, -0.25) is 15.5 Å². The van der Waals surface area contributed by atoms with Crippen LogP contribution in [0.1, 0.15) is 39.0 Å². The molecule has 1 rings (SSSR count). The standard InChI is InChI=1S/C13H19N3O2/c1-2-3-4-5-6-11-14-15-12-7-9-13(10-8-12)16(17)18/h7-11,15H,2-6H2,1H3/b14-11+. The molecule has 0 amide bonds. The number of nitrogens with zero attached hydrogens (tertiary/aromatic N) is 2. The number of nitro benzene ring substituents is 1. The van der Waals surface area contributed by atoms with Crippen molar-refractivity contribution < 1.29 is 4.92 Å². The summed E-state index contributed by atoms with van der Waals surface area (Å²) in [5.74, 6) is 0. The lowest BCUT2D eigenvalue weighted by molar-refractivity contribution is -0.384. The van der Waals surface area contributed by atoms with Crippen LogP contribution >= 0.6 is 0 Å². The molecule has 0 unspecified atom stereocenters. The van der Waals surface area contributed by atoms with Gasteiger partial charge in [0.2, 0.25) is 0 Å². The van der Waals surface area contributed by atoms with E-state index in [1.54, 1.807) is 12.1 Å². The molecule has 0 saturated heterocycles. The second-order valence-electron chi connectivity index (χ2n) is 4.08. The summed E-state index contributed by atoms with van der Waals surface area (Å²) in [5, 5.41) is 14.5. The molecular weight excluding hydrogens is 230 g/mol. The maximum Gasteiger partial charge on any atom is 0.269 e. The molecule has 0 bridgehead atoms. The largest absolute Gasteiger partial charge is 0.279 e. The van der Waals surface area contributed by atoms with Crippen LogP contribution in [-0.4, -0.2) is 11.1 Å². The van der Waals surface area contributed by atoms with E-state index in [9.17, 15) is 10.1 Å². The third kappa shape index (κ3) is 5.43. The maximum absolute atomic E-state index is 10.5. The quantitative estimate of drug-likeness (QED) is 0.328. The summed E-state index contributed by atoms with van der Waals surface area (Å²) in [7, 11) is 0. The molecule has 0 heterocycles. The van der Waals surface area contributed by atoms with Crippen molar-refractivity contribution in [2.24, 2.45) is 5.10 Å². The predicted molar refractivity (Wildman–Crippen MR) is 74.0 cm³/mol. The van der Waals surface area contributed by atoms with E-state index in [0.717, 1.165) is 18.5 Å². The first kappa shape index (κ1) is 14.2. The summed E-state index contributed by atoms with van der Waals surface area (Å²) in [6, 6.07) is 6.21. The van der Waals surface area contributed by atoms with Gasteiger partial charge in [0, 0.05) is 18.3 Å². The van der Waals surface area contributed by atoms with E-state index in [-0.39, 0.29) is 5.69 Å². The van der Waals surface area contributed by atoms with Gasteiger partial charge < -0.3 is 0 Å². The lowest BCUT2D eigenvalue weighted by atomic mass is 10.2. The number of anilines is 1. The second-order valence-corrected chi connectivity index (χ2v) is 4.08. The Kier molecular flexibility index (Phi) is 6.46. The van der Waals surface area contributed by atoms with Crippen molar-refractivity contribution in [2.75, 3.05) is 5.43 Å². The summed E-state index contributed by atoms with van der Waals surface area (Å²) < 4.78 is 0. The average molecular weight is 249 g/mol. The molecular formula is C13H19N3O2. The highest BCUT2D eigenvalue weighted by molar-refractivity contribution is 5.59. The highest BCUT2D eigenvalue weighted by atomic mass is 16.6. The first-order chi connectivity index (χ1) is 8.74. The maximum atomic E-state index is 10.5. The van der Waals surface area contributed by atoms with Gasteiger partial charge in [-0.1, -0.05) is 26.2 Å².